The molecule has 1 saturated heterocycles. The van der Waals surface area contributed by atoms with Crippen molar-refractivity contribution in [2.45, 2.75) is 24.4 Å². The number of ether oxygens (including phenoxy) is 1. The fourth-order valence-electron chi connectivity index (χ4n) is 1.15. The first-order chi connectivity index (χ1) is 5.57. The average Bonchev–Trinajstić information content (AvgIpc) is 2.30. The van der Waals surface area contributed by atoms with Crippen LogP contribution in [0.1, 0.15) is 0 Å². The van der Waals surface area contributed by atoms with Crippen molar-refractivity contribution in [3.63, 3.8) is 0 Å². The van der Waals surface area contributed by atoms with E-state index in [9.17, 15) is 4.79 Å². The maximum atomic E-state index is 10.4. The number of aliphatic hydroxyl groups excluding tert-OH is 2. The maximum absolute atomic E-state index is 10.4. The van der Waals surface area contributed by atoms with E-state index in [0.717, 1.165) is 0 Å². The van der Waals surface area contributed by atoms with Crippen LogP contribution in [0.25, 0.3) is 0 Å². The molecule has 0 amide bonds. The molecule has 2 unspecified atom stereocenters. The minimum atomic E-state index is -1.39. The van der Waals surface area contributed by atoms with Gasteiger partial charge in [0.1, 0.15) is 12.2 Å². The Bertz CT molecular complexity index is 185. The number of carbonyl (C=O) groups is 1. The molecule has 1 aliphatic rings. The molecule has 12 heavy (non-hydrogen) atoms. The fraction of sp³-hybridized carbons (Fsp3) is 0.833. The Morgan fingerprint density at radius 3 is 2.25 bits per heavy atom. The van der Waals surface area contributed by atoms with Crippen LogP contribution in [0.15, 0.2) is 0 Å². The Kier molecular flexibility index (Phi) is 2.63. The van der Waals surface area contributed by atoms with E-state index in [4.69, 9.17) is 25.8 Å². The molecule has 1 rings (SSSR count). The summed E-state index contributed by atoms with van der Waals surface area (Å²) >= 11 is 0. The molecular formula is C6H11NO5. The Morgan fingerprint density at radius 1 is 1.42 bits per heavy atom. The van der Waals surface area contributed by atoms with Crippen LogP contribution >= 0.6 is 0 Å². The summed E-state index contributed by atoms with van der Waals surface area (Å²) in [6, 6.07) is 0. The minimum absolute atomic E-state index is 0.0119. The van der Waals surface area contributed by atoms with E-state index in [1.165, 1.54) is 0 Å². The molecule has 0 aromatic heterocycles. The van der Waals surface area contributed by atoms with Crippen molar-refractivity contribution in [2.24, 2.45) is 5.73 Å². The number of nitrogens with two attached hydrogens (primary N) is 1. The van der Waals surface area contributed by atoms with Gasteiger partial charge in [-0.2, -0.15) is 0 Å². The molecule has 0 aromatic carbocycles. The van der Waals surface area contributed by atoms with Crippen LogP contribution in [0.2, 0.25) is 0 Å². The van der Waals surface area contributed by atoms with Gasteiger partial charge in [-0.25, -0.2) is 4.79 Å². The molecule has 0 radical (unpaired) electrons. The second-order valence-corrected chi connectivity index (χ2v) is 2.65. The van der Waals surface area contributed by atoms with Crippen molar-refractivity contribution < 1.29 is 24.9 Å². The zero-order valence-electron chi connectivity index (χ0n) is 6.25. The maximum Gasteiger partial charge on any atom is 0.335 e. The predicted molar refractivity (Wildman–Crippen MR) is 37.4 cm³/mol. The van der Waals surface area contributed by atoms with Crippen LogP contribution in [-0.4, -0.2) is 52.2 Å². The van der Waals surface area contributed by atoms with Crippen molar-refractivity contribution in [3.8, 4) is 0 Å². The number of aliphatic hydroxyl groups is 2. The third-order valence-electron chi connectivity index (χ3n) is 1.84. The van der Waals surface area contributed by atoms with Gasteiger partial charge in [-0.15, -0.1) is 0 Å². The molecule has 5 N–H and O–H groups in total. The van der Waals surface area contributed by atoms with E-state index in [-0.39, 0.29) is 6.54 Å². The zero-order valence-corrected chi connectivity index (χ0v) is 6.25. The van der Waals surface area contributed by atoms with E-state index in [2.05, 4.69) is 0 Å². The molecule has 0 bridgehead atoms. The second kappa shape index (κ2) is 3.36. The molecule has 4 atom stereocenters. The zero-order chi connectivity index (χ0) is 9.30. The van der Waals surface area contributed by atoms with Crippen molar-refractivity contribution in [1.29, 1.82) is 0 Å². The lowest BCUT2D eigenvalue weighted by Crippen LogP contribution is -2.37. The van der Waals surface area contributed by atoms with Gasteiger partial charge >= 0.3 is 5.97 Å². The normalized spacial score (nSPS) is 41.6. The molecule has 70 valence electrons. The van der Waals surface area contributed by atoms with Gasteiger partial charge in [0.15, 0.2) is 6.10 Å². The van der Waals surface area contributed by atoms with Crippen molar-refractivity contribution >= 4 is 5.97 Å². The number of aliphatic carboxylic acids is 1. The highest BCUT2D eigenvalue weighted by Crippen LogP contribution is 2.20. The van der Waals surface area contributed by atoms with Crippen LogP contribution in [0, 0.1) is 0 Å². The lowest BCUT2D eigenvalue weighted by Gasteiger charge is -2.10. The minimum Gasteiger partial charge on any atom is -0.479 e. The Balaban J connectivity index is 2.66. The van der Waals surface area contributed by atoms with E-state index in [0.29, 0.717) is 0 Å². The smallest absolute Gasteiger partial charge is 0.335 e. The lowest BCUT2D eigenvalue weighted by atomic mass is 10.1. The Morgan fingerprint density at radius 2 is 2.00 bits per heavy atom. The molecule has 1 aliphatic heterocycles. The molecule has 1 heterocycles. The first-order valence-corrected chi connectivity index (χ1v) is 3.52. The molecule has 0 aliphatic carbocycles. The van der Waals surface area contributed by atoms with E-state index < -0.39 is 30.4 Å². The van der Waals surface area contributed by atoms with E-state index >= 15 is 0 Å². The Hall–Kier alpha value is -0.690. The lowest BCUT2D eigenvalue weighted by molar-refractivity contribution is -0.153. The highest BCUT2D eigenvalue weighted by Gasteiger charge is 2.45. The van der Waals surface area contributed by atoms with Gasteiger partial charge in [0, 0.05) is 6.54 Å². The van der Waals surface area contributed by atoms with Crippen LogP contribution in [0.5, 0.6) is 0 Å². The highest BCUT2D eigenvalue weighted by atomic mass is 16.6. The van der Waals surface area contributed by atoms with Gasteiger partial charge in [-0.05, 0) is 0 Å². The molecule has 1 fully saturated rings. The van der Waals surface area contributed by atoms with Crippen LogP contribution in [0.3, 0.4) is 0 Å². The largest absolute Gasteiger partial charge is 0.479 e. The summed E-state index contributed by atoms with van der Waals surface area (Å²) in [5.41, 5.74) is 5.16. The van der Waals surface area contributed by atoms with E-state index in [1.807, 2.05) is 0 Å². The second-order valence-electron chi connectivity index (χ2n) is 2.65. The van der Waals surface area contributed by atoms with Crippen molar-refractivity contribution in [1.82, 2.24) is 0 Å². The molecule has 0 aromatic rings. The summed E-state index contributed by atoms with van der Waals surface area (Å²) in [6.07, 6.45) is -4.76. The van der Waals surface area contributed by atoms with Gasteiger partial charge in [-0.1, -0.05) is 0 Å². The summed E-state index contributed by atoms with van der Waals surface area (Å²) < 4.78 is 4.77. The monoisotopic (exact) mass is 177 g/mol. The number of hydrogen-bond donors (Lipinski definition) is 4. The van der Waals surface area contributed by atoms with E-state index in [1.54, 1.807) is 0 Å². The quantitative estimate of drug-likeness (QED) is 0.371. The van der Waals surface area contributed by atoms with Gasteiger partial charge in [-0.3, -0.25) is 0 Å². The molecular weight excluding hydrogens is 166 g/mol. The van der Waals surface area contributed by atoms with Gasteiger partial charge in [0.25, 0.3) is 0 Å². The summed E-state index contributed by atoms with van der Waals surface area (Å²) in [6.45, 7) is -0.0119. The van der Waals surface area contributed by atoms with Crippen LogP contribution in [-0.2, 0) is 9.53 Å². The molecule has 6 nitrogen and oxygen atoms in total. The summed E-state index contributed by atoms with van der Waals surface area (Å²) in [5, 5.41) is 26.8. The SMILES string of the molecule is NC[C@@H]1OC(C(=O)O)[C@@H](O)C1O. The number of carboxylic acids is 1. The topological polar surface area (TPSA) is 113 Å². The predicted octanol–water partition coefficient (Wildman–Crippen LogP) is -2.48. The number of rotatable bonds is 2. The average molecular weight is 177 g/mol. The number of hydrogen-bond acceptors (Lipinski definition) is 5. The summed E-state index contributed by atoms with van der Waals surface area (Å²) in [7, 11) is 0. The summed E-state index contributed by atoms with van der Waals surface area (Å²) in [4.78, 5) is 10.4. The molecule has 0 saturated carbocycles. The van der Waals surface area contributed by atoms with Crippen molar-refractivity contribution in [2.75, 3.05) is 6.54 Å². The Labute approximate surface area is 68.6 Å². The fourth-order valence-corrected chi connectivity index (χ4v) is 1.15. The first-order valence-electron chi connectivity index (χ1n) is 3.52. The van der Waals surface area contributed by atoms with Gasteiger partial charge in [0.05, 0.1) is 6.10 Å². The van der Waals surface area contributed by atoms with Gasteiger partial charge < -0.3 is 25.8 Å². The van der Waals surface area contributed by atoms with Crippen LogP contribution < -0.4 is 5.73 Å². The highest BCUT2D eigenvalue weighted by molar-refractivity contribution is 5.73. The number of carboxylic acid groups (broad SMARTS) is 1. The first kappa shape index (κ1) is 9.40. The third kappa shape index (κ3) is 1.42. The van der Waals surface area contributed by atoms with Gasteiger partial charge in [0.2, 0.25) is 0 Å². The molecule has 0 spiro atoms. The summed E-state index contributed by atoms with van der Waals surface area (Å²) in [5.74, 6) is -1.29. The standard InChI is InChI=1S/C6H11NO5/c7-1-2-3(8)4(9)5(12-2)6(10)11/h2-5,8-9H,1,7H2,(H,10,11)/t2-,3?,4-,5?/m0/s1. The van der Waals surface area contributed by atoms with Crippen LogP contribution in [0.4, 0.5) is 0 Å². The molecule has 6 heteroatoms. The third-order valence-corrected chi connectivity index (χ3v) is 1.84. The van der Waals surface area contributed by atoms with Crippen molar-refractivity contribution in [3.05, 3.63) is 0 Å².